The molecule has 0 heterocycles. The number of amides is 1. The smallest absolute Gasteiger partial charge is 0.251 e. The molecule has 1 fully saturated rings. The molecule has 0 atom stereocenters. The van der Waals surface area contributed by atoms with E-state index >= 15 is 0 Å². The first kappa shape index (κ1) is 12.7. The lowest BCUT2D eigenvalue weighted by Crippen LogP contribution is -2.39. The Morgan fingerprint density at radius 3 is 2.78 bits per heavy atom. The molecule has 0 aromatic heterocycles. The van der Waals surface area contributed by atoms with Gasteiger partial charge in [0.05, 0.1) is 17.5 Å². The number of nitrogen functional groups attached to an aromatic ring is 1. The zero-order valence-corrected chi connectivity index (χ0v) is 10.4. The molecule has 98 valence electrons. The number of aliphatic hydroxyl groups excluding tert-OH is 1. The van der Waals surface area contributed by atoms with Crippen LogP contribution in [0.5, 0.6) is 0 Å². The minimum Gasteiger partial charge on any atom is -0.397 e. The van der Waals surface area contributed by atoms with Crippen molar-refractivity contribution in [3.63, 3.8) is 0 Å². The monoisotopic (exact) mass is 249 g/mol. The molecule has 5 nitrogen and oxygen atoms in total. The first-order chi connectivity index (χ1) is 8.60. The molecule has 1 aromatic carbocycles. The first-order valence-electron chi connectivity index (χ1n) is 6.22. The van der Waals surface area contributed by atoms with Crippen LogP contribution in [0.15, 0.2) is 18.2 Å². The van der Waals surface area contributed by atoms with Gasteiger partial charge >= 0.3 is 0 Å². The summed E-state index contributed by atoms with van der Waals surface area (Å²) in [6, 6.07) is 5.50. The number of carbonyl (C=O) groups excluding carboxylic acids is 1. The Kier molecular flexibility index (Phi) is 3.72. The van der Waals surface area contributed by atoms with Crippen molar-refractivity contribution in [1.82, 2.24) is 5.32 Å². The van der Waals surface area contributed by atoms with E-state index in [0.717, 1.165) is 18.5 Å². The largest absolute Gasteiger partial charge is 0.397 e. The molecule has 0 saturated heterocycles. The number of nitrogens with two attached hydrogens (primary N) is 1. The molecule has 1 saturated carbocycles. The fourth-order valence-electron chi connectivity index (χ4n) is 2.02. The summed E-state index contributed by atoms with van der Waals surface area (Å²) >= 11 is 0. The predicted octanol–water partition coefficient (Wildman–Crippen LogP) is 0.954. The quantitative estimate of drug-likeness (QED) is 0.598. The molecule has 0 bridgehead atoms. The number of benzene rings is 1. The molecular weight excluding hydrogens is 230 g/mol. The van der Waals surface area contributed by atoms with Gasteiger partial charge in [0.2, 0.25) is 0 Å². The van der Waals surface area contributed by atoms with E-state index in [1.165, 1.54) is 0 Å². The van der Waals surface area contributed by atoms with Gasteiger partial charge in [0.15, 0.2) is 0 Å². The molecule has 1 aliphatic rings. The number of hydrogen-bond donors (Lipinski definition) is 4. The average molecular weight is 249 g/mol. The number of aliphatic hydroxyl groups is 1. The van der Waals surface area contributed by atoms with E-state index in [2.05, 4.69) is 10.6 Å². The van der Waals surface area contributed by atoms with Crippen LogP contribution in [-0.4, -0.2) is 29.7 Å². The van der Waals surface area contributed by atoms with Gasteiger partial charge in [-0.3, -0.25) is 4.79 Å². The van der Waals surface area contributed by atoms with Crippen molar-refractivity contribution in [2.75, 3.05) is 17.6 Å². The lowest BCUT2D eigenvalue weighted by molar-refractivity contribution is 0.0837. The second-order valence-corrected chi connectivity index (χ2v) is 4.63. The second kappa shape index (κ2) is 5.27. The highest BCUT2D eigenvalue weighted by Crippen LogP contribution is 2.27. The van der Waals surface area contributed by atoms with Crippen molar-refractivity contribution in [1.29, 1.82) is 0 Å². The normalized spacial score (nSPS) is 22.1. The van der Waals surface area contributed by atoms with Crippen LogP contribution >= 0.6 is 0 Å². The van der Waals surface area contributed by atoms with Gasteiger partial charge in [-0.1, -0.05) is 0 Å². The van der Waals surface area contributed by atoms with Crippen LogP contribution in [-0.2, 0) is 0 Å². The van der Waals surface area contributed by atoms with E-state index in [0.29, 0.717) is 17.8 Å². The fraction of sp³-hybridized carbons (Fsp3) is 0.462. The van der Waals surface area contributed by atoms with Crippen molar-refractivity contribution in [3.8, 4) is 0 Å². The minimum absolute atomic E-state index is 0.116. The fourth-order valence-corrected chi connectivity index (χ4v) is 2.02. The van der Waals surface area contributed by atoms with Gasteiger partial charge in [-0.15, -0.1) is 0 Å². The molecule has 18 heavy (non-hydrogen) atoms. The highest BCUT2D eigenvalue weighted by Gasteiger charge is 2.27. The van der Waals surface area contributed by atoms with Crippen LogP contribution in [0.4, 0.5) is 11.4 Å². The summed E-state index contributed by atoms with van der Waals surface area (Å²) in [6.45, 7) is 2.47. The van der Waals surface area contributed by atoms with Crippen LogP contribution in [0.25, 0.3) is 0 Å². The number of anilines is 2. The van der Waals surface area contributed by atoms with Gasteiger partial charge in [-0.05, 0) is 38.0 Å². The first-order valence-corrected chi connectivity index (χ1v) is 6.22. The molecule has 0 radical (unpaired) electrons. The van der Waals surface area contributed by atoms with Gasteiger partial charge in [0, 0.05) is 18.2 Å². The summed E-state index contributed by atoms with van der Waals surface area (Å²) in [5.74, 6) is -0.116. The maximum atomic E-state index is 11.6. The van der Waals surface area contributed by atoms with E-state index in [1.54, 1.807) is 12.1 Å². The van der Waals surface area contributed by atoms with Crippen LogP contribution in [0.1, 0.15) is 30.1 Å². The number of rotatable bonds is 4. The molecule has 0 spiro atoms. The van der Waals surface area contributed by atoms with Crippen molar-refractivity contribution in [3.05, 3.63) is 23.8 Å². The standard InChI is InChI=1S/C13H19N3O2/c1-2-15-13(18)8-3-4-12(11(14)5-8)16-9-6-10(17)7-9/h3-5,9-10,16-17H,2,6-7,14H2,1H3,(H,15,18). The Balaban J connectivity index is 2.03. The van der Waals surface area contributed by atoms with E-state index in [-0.39, 0.29) is 18.1 Å². The van der Waals surface area contributed by atoms with Gasteiger partial charge in [0.1, 0.15) is 0 Å². The number of hydrogen-bond acceptors (Lipinski definition) is 4. The average Bonchev–Trinajstić information content (AvgIpc) is 2.29. The van der Waals surface area contributed by atoms with Crippen LogP contribution in [0, 0.1) is 0 Å². The lowest BCUT2D eigenvalue weighted by Gasteiger charge is -2.33. The van der Waals surface area contributed by atoms with Gasteiger partial charge in [-0.25, -0.2) is 0 Å². The van der Waals surface area contributed by atoms with Crippen LogP contribution in [0.3, 0.4) is 0 Å². The third kappa shape index (κ3) is 2.73. The Labute approximate surface area is 106 Å². The summed E-state index contributed by atoms with van der Waals surface area (Å²) in [7, 11) is 0. The summed E-state index contributed by atoms with van der Waals surface area (Å²) in [4.78, 5) is 11.6. The van der Waals surface area contributed by atoms with Crippen molar-refractivity contribution >= 4 is 17.3 Å². The topological polar surface area (TPSA) is 87.4 Å². The van der Waals surface area contributed by atoms with E-state index in [1.807, 2.05) is 13.0 Å². The maximum absolute atomic E-state index is 11.6. The SMILES string of the molecule is CCNC(=O)c1ccc(NC2CC(O)C2)c(N)c1. The summed E-state index contributed by atoms with van der Waals surface area (Å²) in [5, 5.41) is 15.2. The predicted molar refractivity (Wildman–Crippen MR) is 71.5 cm³/mol. The highest BCUT2D eigenvalue weighted by atomic mass is 16.3. The summed E-state index contributed by atoms with van der Waals surface area (Å²) < 4.78 is 0. The Morgan fingerprint density at radius 2 is 2.22 bits per heavy atom. The zero-order valence-electron chi connectivity index (χ0n) is 10.4. The van der Waals surface area contributed by atoms with Crippen LogP contribution < -0.4 is 16.4 Å². The van der Waals surface area contributed by atoms with E-state index in [4.69, 9.17) is 5.73 Å². The Bertz CT molecular complexity index is 442. The van der Waals surface area contributed by atoms with Gasteiger partial charge in [-0.2, -0.15) is 0 Å². The maximum Gasteiger partial charge on any atom is 0.251 e. The van der Waals surface area contributed by atoms with Crippen molar-refractivity contribution in [2.45, 2.75) is 31.9 Å². The molecular formula is C13H19N3O2. The lowest BCUT2D eigenvalue weighted by atomic mass is 9.89. The molecule has 1 amide bonds. The Morgan fingerprint density at radius 1 is 1.50 bits per heavy atom. The number of carbonyl (C=O) groups is 1. The molecule has 0 unspecified atom stereocenters. The second-order valence-electron chi connectivity index (χ2n) is 4.63. The van der Waals surface area contributed by atoms with Crippen LogP contribution in [0.2, 0.25) is 0 Å². The molecule has 1 aromatic rings. The zero-order chi connectivity index (χ0) is 13.1. The van der Waals surface area contributed by atoms with Crippen molar-refractivity contribution in [2.24, 2.45) is 0 Å². The highest BCUT2D eigenvalue weighted by molar-refractivity contribution is 5.96. The minimum atomic E-state index is -0.196. The molecule has 2 rings (SSSR count). The number of nitrogens with one attached hydrogen (secondary N) is 2. The van der Waals surface area contributed by atoms with E-state index < -0.39 is 0 Å². The van der Waals surface area contributed by atoms with Crippen molar-refractivity contribution < 1.29 is 9.90 Å². The molecule has 1 aliphatic carbocycles. The van der Waals surface area contributed by atoms with E-state index in [9.17, 15) is 9.90 Å². The van der Waals surface area contributed by atoms with Gasteiger partial charge < -0.3 is 21.5 Å². The molecule has 5 N–H and O–H groups in total. The summed E-state index contributed by atoms with van der Waals surface area (Å²) in [6.07, 6.45) is 1.30. The third-order valence-electron chi connectivity index (χ3n) is 3.12. The summed E-state index contributed by atoms with van der Waals surface area (Å²) in [5.41, 5.74) is 7.85. The Hall–Kier alpha value is -1.75. The van der Waals surface area contributed by atoms with Gasteiger partial charge in [0.25, 0.3) is 5.91 Å². The molecule has 5 heteroatoms. The molecule has 0 aliphatic heterocycles. The third-order valence-corrected chi connectivity index (χ3v) is 3.12.